The first-order valence-electron chi connectivity index (χ1n) is 11.1. The van der Waals surface area contributed by atoms with Crippen molar-refractivity contribution in [1.29, 1.82) is 0 Å². The molecule has 2 aromatic rings. The maximum Gasteiger partial charge on any atom is 0.227 e. The molecule has 8 heteroatoms. The summed E-state index contributed by atoms with van der Waals surface area (Å²) in [6.45, 7) is 7.05. The van der Waals surface area contributed by atoms with Crippen molar-refractivity contribution < 1.29 is 28.5 Å². The van der Waals surface area contributed by atoms with Crippen LogP contribution in [0.1, 0.15) is 38.8 Å². The number of ether oxygens (including phenoxy) is 4. The summed E-state index contributed by atoms with van der Waals surface area (Å²) in [5, 5.41) is 3.03. The van der Waals surface area contributed by atoms with Crippen molar-refractivity contribution in [2.45, 2.75) is 33.2 Å². The molecule has 0 radical (unpaired) electrons. The van der Waals surface area contributed by atoms with Crippen molar-refractivity contribution in [3.05, 3.63) is 42.0 Å². The first-order valence-corrected chi connectivity index (χ1v) is 11.1. The van der Waals surface area contributed by atoms with E-state index >= 15 is 0 Å². The molecular formula is C25H32N2O6. The zero-order valence-electron chi connectivity index (χ0n) is 19.8. The highest BCUT2D eigenvalue weighted by Gasteiger charge is 2.37. The van der Waals surface area contributed by atoms with Crippen LogP contribution >= 0.6 is 0 Å². The molecule has 1 fully saturated rings. The molecule has 0 aliphatic carbocycles. The average Bonchev–Trinajstić information content (AvgIpc) is 3.21. The summed E-state index contributed by atoms with van der Waals surface area (Å²) in [6.07, 6.45) is 0.131. The molecule has 3 rings (SSSR count). The van der Waals surface area contributed by atoms with Gasteiger partial charge in [-0.05, 0) is 50.6 Å². The third-order valence-corrected chi connectivity index (χ3v) is 5.60. The first-order chi connectivity index (χ1) is 15.9. The fourth-order valence-electron chi connectivity index (χ4n) is 3.88. The van der Waals surface area contributed by atoms with E-state index < -0.39 is 5.92 Å². The van der Waals surface area contributed by atoms with Gasteiger partial charge >= 0.3 is 0 Å². The van der Waals surface area contributed by atoms with Gasteiger partial charge in [0.2, 0.25) is 11.8 Å². The number of rotatable bonds is 10. The highest BCUT2D eigenvalue weighted by molar-refractivity contribution is 6.01. The highest BCUT2D eigenvalue weighted by atomic mass is 16.5. The second kappa shape index (κ2) is 10.9. The molecule has 1 N–H and O–H groups in total. The quantitative estimate of drug-likeness (QED) is 0.586. The molecular weight excluding hydrogens is 424 g/mol. The third-order valence-electron chi connectivity index (χ3n) is 5.60. The normalized spacial score (nSPS) is 16.3. The summed E-state index contributed by atoms with van der Waals surface area (Å²) < 4.78 is 22.0. The van der Waals surface area contributed by atoms with Gasteiger partial charge in [0, 0.05) is 19.0 Å². The molecule has 0 spiro atoms. The molecule has 178 valence electrons. The minimum atomic E-state index is -0.468. The Labute approximate surface area is 194 Å². The predicted molar refractivity (Wildman–Crippen MR) is 125 cm³/mol. The molecule has 2 amide bonds. The zero-order chi connectivity index (χ0) is 24.0. The van der Waals surface area contributed by atoms with E-state index in [1.165, 1.54) is 0 Å². The average molecular weight is 457 g/mol. The van der Waals surface area contributed by atoms with Crippen molar-refractivity contribution in [2.24, 2.45) is 5.92 Å². The number of benzene rings is 2. The smallest absolute Gasteiger partial charge is 0.227 e. The number of hydrogen-bond donors (Lipinski definition) is 1. The number of carbonyl (C=O) groups is 2. The van der Waals surface area contributed by atoms with E-state index in [4.69, 9.17) is 18.9 Å². The van der Waals surface area contributed by atoms with E-state index in [2.05, 4.69) is 5.32 Å². The van der Waals surface area contributed by atoms with Gasteiger partial charge in [-0.3, -0.25) is 9.59 Å². The Hall–Kier alpha value is -3.42. The Kier molecular flexibility index (Phi) is 8.03. The van der Waals surface area contributed by atoms with Gasteiger partial charge in [0.05, 0.1) is 45.1 Å². The number of hydrogen-bond acceptors (Lipinski definition) is 6. The lowest BCUT2D eigenvalue weighted by molar-refractivity contribution is -0.126. The highest BCUT2D eigenvalue weighted by Crippen LogP contribution is 2.36. The van der Waals surface area contributed by atoms with Crippen LogP contribution in [0, 0.1) is 5.92 Å². The molecule has 0 bridgehead atoms. The fourth-order valence-corrected chi connectivity index (χ4v) is 3.88. The zero-order valence-corrected chi connectivity index (χ0v) is 19.8. The van der Waals surface area contributed by atoms with Crippen LogP contribution in [-0.4, -0.2) is 45.8 Å². The molecule has 1 aliphatic rings. The summed E-state index contributed by atoms with van der Waals surface area (Å²) in [5.74, 6) is 1.71. The summed E-state index contributed by atoms with van der Waals surface area (Å²) >= 11 is 0. The number of methoxy groups -OCH3 is 2. The van der Waals surface area contributed by atoms with Gasteiger partial charge in [-0.15, -0.1) is 0 Å². The maximum absolute atomic E-state index is 13.0. The standard InChI is InChI=1S/C25H32N2O6/c1-6-32-22-10-8-17(12-23(22)33-7-2)16(3)26-25(29)18-13-24(28)27(15-18)20-14-19(30-4)9-11-21(20)31-5/h8-12,14,16,18H,6-7,13,15H2,1-5H3,(H,26,29). The number of carbonyl (C=O) groups excluding carboxylic acids is 2. The lowest BCUT2D eigenvalue weighted by Crippen LogP contribution is -2.34. The topological polar surface area (TPSA) is 86.3 Å². The lowest BCUT2D eigenvalue weighted by atomic mass is 10.0. The van der Waals surface area contributed by atoms with Crippen molar-refractivity contribution in [3.8, 4) is 23.0 Å². The van der Waals surface area contributed by atoms with Gasteiger partial charge in [-0.2, -0.15) is 0 Å². The van der Waals surface area contributed by atoms with Crippen LogP contribution in [0.25, 0.3) is 0 Å². The molecule has 2 atom stereocenters. The summed E-state index contributed by atoms with van der Waals surface area (Å²) in [6, 6.07) is 10.6. The molecule has 2 unspecified atom stereocenters. The Bertz CT molecular complexity index is 993. The maximum atomic E-state index is 13.0. The Balaban J connectivity index is 1.71. The van der Waals surface area contributed by atoms with E-state index in [9.17, 15) is 9.59 Å². The van der Waals surface area contributed by atoms with Gasteiger partial charge in [-0.25, -0.2) is 0 Å². The minimum absolute atomic E-state index is 0.131. The van der Waals surface area contributed by atoms with E-state index in [1.54, 1.807) is 37.3 Å². The molecule has 1 saturated heterocycles. The third kappa shape index (κ3) is 5.50. The van der Waals surface area contributed by atoms with Gasteiger partial charge in [0.25, 0.3) is 0 Å². The lowest BCUT2D eigenvalue weighted by Gasteiger charge is -2.21. The van der Waals surface area contributed by atoms with Crippen molar-refractivity contribution >= 4 is 17.5 Å². The molecule has 0 aromatic heterocycles. The van der Waals surface area contributed by atoms with E-state index in [-0.39, 0.29) is 30.8 Å². The summed E-state index contributed by atoms with van der Waals surface area (Å²) in [4.78, 5) is 27.3. The second-order valence-corrected chi connectivity index (χ2v) is 7.75. The van der Waals surface area contributed by atoms with Gasteiger partial charge in [0.1, 0.15) is 11.5 Å². The van der Waals surface area contributed by atoms with Crippen molar-refractivity contribution in [1.82, 2.24) is 5.32 Å². The Morgan fingerprint density at radius 2 is 1.73 bits per heavy atom. The fraction of sp³-hybridized carbons (Fsp3) is 0.440. The van der Waals surface area contributed by atoms with Gasteiger partial charge in [-0.1, -0.05) is 6.07 Å². The van der Waals surface area contributed by atoms with Crippen LogP contribution in [0.4, 0.5) is 5.69 Å². The van der Waals surface area contributed by atoms with E-state index in [0.29, 0.717) is 41.9 Å². The van der Waals surface area contributed by atoms with E-state index in [0.717, 1.165) is 5.56 Å². The summed E-state index contributed by atoms with van der Waals surface area (Å²) in [7, 11) is 3.11. The van der Waals surface area contributed by atoms with Crippen molar-refractivity contribution in [3.63, 3.8) is 0 Å². The molecule has 1 heterocycles. The molecule has 2 aromatic carbocycles. The number of nitrogens with zero attached hydrogens (tertiary/aromatic N) is 1. The minimum Gasteiger partial charge on any atom is -0.497 e. The molecule has 0 saturated carbocycles. The van der Waals surface area contributed by atoms with Gasteiger partial charge in [0.15, 0.2) is 11.5 Å². The monoisotopic (exact) mass is 456 g/mol. The molecule has 1 aliphatic heterocycles. The first kappa shape index (κ1) is 24.2. The van der Waals surface area contributed by atoms with Crippen molar-refractivity contribution in [2.75, 3.05) is 38.9 Å². The van der Waals surface area contributed by atoms with Crippen LogP contribution in [0.15, 0.2) is 36.4 Å². The summed E-state index contributed by atoms with van der Waals surface area (Å²) in [5.41, 5.74) is 1.49. The van der Waals surface area contributed by atoms with Crippen LogP contribution < -0.4 is 29.2 Å². The predicted octanol–water partition coefficient (Wildman–Crippen LogP) is 3.73. The molecule has 33 heavy (non-hydrogen) atoms. The van der Waals surface area contributed by atoms with Crippen LogP contribution in [0.3, 0.4) is 0 Å². The largest absolute Gasteiger partial charge is 0.497 e. The Morgan fingerprint density at radius 3 is 2.39 bits per heavy atom. The molecule has 8 nitrogen and oxygen atoms in total. The number of nitrogens with one attached hydrogen (secondary N) is 1. The Morgan fingerprint density at radius 1 is 1.03 bits per heavy atom. The van der Waals surface area contributed by atoms with Gasteiger partial charge < -0.3 is 29.2 Å². The number of amides is 2. The van der Waals surface area contributed by atoms with E-state index in [1.807, 2.05) is 39.0 Å². The SMILES string of the molecule is CCOc1ccc(C(C)NC(=O)C2CC(=O)N(c3cc(OC)ccc3OC)C2)cc1OCC. The van der Waals surface area contributed by atoms with Crippen LogP contribution in [0.5, 0.6) is 23.0 Å². The van der Waals surface area contributed by atoms with Crippen LogP contribution in [-0.2, 0) is 9.59 Å². The number of anilines is 1. The second-order valence-electron chi connectivity index (χ2n) is 7.75. The van der Waals surface area contributed by atoms with Crippen LogP contribution in [0.2, 0.25) is 0 Å².